The second-order valence-corrected chi connectivity index (χ2v) is 7.90. The third kappa shape index (κ3) is 5.41. The Kier molecular flexibility index (Phi) is 6.14. The van der Waals surface area contributed by atoms with E-state index in [-0.39, 0.29) is 22.0 Å². The van der Waals surface area contributed by atoms with Crippen molar-refractivity contribution in [3.63, 3.8) is 0 Å². The van der Waals surface area contributed by atoms with Gasteiger partial charge in [0.05, 0.1) is 12.0 Å². The molecule has 0 aliphatic rings. The second kappa shape index (κ2) is 7.84. The van der Waals surface area contributed by atoms with E-state index in [4.69, 9.17) is 4.74 Å². The summed E-state index contributed by atoms with van der Waals surface area (Å²) >= 11 is 0.931. The Hall–Kier alpha value is -2.16. The number of rotatable bonds is 5. The molecule has 0 spiro atoms. The predicted molar refractivity (Wildman–Crippen MR) is 101 cm³/mol. The van der Waals surface area contributed by atoms with Crippen molar-refractivity contribution in [2.24, 2.45) is 4.99 Å². The summed E-state index contributed by atoms with van der Waals surface area (Å²) < 4.78 is 50.3. The Morgan fingerprint density at radius 3 is 2.44 bits per heavy atom. The van der Waals surface area contributed by atoms with Crippen LogP contribution in [0.4, 0.5) is 18.9 Å². The maximum atomic E-state index is 13.5. The first kappa shape index (κ1) is 21.1. The van der Waals surface area contributed by atoms with E-state index in [0.717, 1.165) is 17.6 Å². The van der Waals surface area contributed by atoms with Crippen LogP contribution >= 0.6 is 11.5 Å². The van der Waals surface area contributed by atoms with E-state index >= 15 is 0 Å². The van der Waals surface area contributed by atoms with Crippen molar-refractivity contribution in [2.45, 2.75) is 46.2 Å². The average molecular weight is 400 g/mol. The molecule has 1 aromatic heterocycles. The number of hydrogen-bond acceptors (Lipinski definition) is 5. The summed E-state index contributed by atoms with van der Waals surface area (Å²) in [6, 6.07) is 2.33. The molecule has 0 amide bonds. The highest BCUT2D eigenvalue weighted by Crippen LogP contribution is 2.42. The van der Waals surface area contributed by atoms with E-state index in [2.05, 4.69) is 14.3 Å². The smallest absolute Gasteiger partial charge is 0.420 e. The molecule has 0 aliphatic carbocycles. The van der Waals surface area contributed by atoms with Gasteiger partial charge in [0.2, 0.25) is 0 Å². The van der Waals surface area contributed by atoms with Gasteiger partial charge in [-0.15, -0.1) is 0 Å². The minimum atomic E-state index is -4.58. The standard InChI is InChI=1S/C18H23F3N4OS/c1-7-25(6)10-22-13-9-12(18(19,20)21)14(8-11(13)2)26-16-23-15(24-27-16)17(3,4)5/h8-10H,7H2,1-6H3. The summed E-state index contributed by atoms with van der Waals surface area (Å²) in [6.45, 7) is 10.1. The maximum absolute atomic E-state index is 13.5. The molecule has 2 rings (SSSR count). The van der Waals surface area contributed by atoms with Gasteiger partial charge in [-0.1, -0.05) is 20.8 Å². The lowest BCUT2D eigenvalue weighted by molar-refractivity contribution is -0.138. The molecule has 0 unspecified atom stereocenters. The predicted octanol–water partition coefficient (Wildman–Crippen LogP) is 5.57. The summed E-state index contributed by atoms with van der Waals surface area (Å²) in [5.74, 6) is 0.219. The minimum absolute atomic E-state index is 0.0757. The Balaban J connectivity index is 2.42. The van der Waals surface area contributed by atoms with E-state index in [9.17, 15) is 13.2 Å². The lowest BCUT2D eigenvalue weighted by atomic mass is 9.96. The molecule has 0 bridgehead atoms. The normalized spacial score (nSPS) is 12.6. The topological polar surface area (TPSA) is 50.6 Å². The van der Waals surface area contributed by atoms with E-state index < -0.39 is 11.7 Å². The fourth-order valence-corrected chi connectivity index (χ4v) is 2.74. The van der Waals surface area contributed by atoms with Gasteiger partial charge in [0.15, 0.2) is 5.82 Å². The second-order valence-electron chi connectivity index (χ2n) is 7.19. The zero-order valence-corrected chi connectivity index (χ0v) is 17.0. The van der Waals surface area contributed by atoms with E-state index in [1.165, 1.54) is 12.4 Å². The highest BCUT2D eigenvalue weighted by Gasteiger charge is 2.36. The molecule has 0 fully saturated rings. The Labute approximate surface area is 161 Å². The van der Waals surface area contributed by atoms with Crippen LogP contribution in [-0.4, -0.2) is 34.2 Å². The van der Waals surface area contributed by atoms with Crippen molar-refractivity contribution >= 4 is 23.6 Å². The number of halogens is 3. The Morgan fingerprint density at radius 2 is 1.93 bits per heavy atom. The van der Waals surface area contributed by atoms with Crippen LogP contribution in [0.2, 0.25) is 0 Å². The molecule has 0 N–H and O–H groups in total. The van der Waals surface area contributed by atoms with Crippen LogP contribution in [0.5, 0.6) is 10.9 Å². The monoisotopic (exact) mass is 400 g/mol. The van der Waals surface area contributed by atoms with Crippen molar-refractivity contribution in [1.29, 1.82) is 0 Å². The van der Waals surface area contributed by atoms with Gasteiger partial charge in [0.25, 0.3) is 5.19 Å². The molecule has 0 saturated carbocycles. The first-order valence-corrected chi connectivity index (χ1v) is 9.17. The first-order valence-electron chi connectivity index (χ1n) is 8.40. The largest absolute Gasteiger partial charge is 0.429 e. The number of aliphatic imine (C=N–C) groups is 1. The molecule has 0 aliphatic heterocycles. The highest BCUT2D eigenvalue weighted by atomic mass is 32.1. The Morgan fingerprint density at radius 1 is 1.26 bits per heavy atom. The van der Waals surface area contributed by atoms with Gasteiger partial charge in [0.1, 0.15) is 11.3 Å². The van der Waals surface area contributed by atoms with Gasteiger partial charge in [-0.3, -0.25) is 0 Å². The first-order chi connectivity index (χ1) is 12.4. The minimum Gasteiger partial charge on any atom is -0.429 e. The Bertz CT molecular complexity index is 825. The molecule has 1 heterocycles. The molecule has 1 aromatic carbocycles. The number of aryl methyl sites for hydroxylation is 1. The highest BCUT2D eigenvalue weighted by molar-refractivity contribution is 7.07. The van der Waals surface area contributed by atoms with Gasteiger partial charge < -0.3 is 9.64 Å². The molecule has 148 valence electrons. The zero-order valence-electron chi connectivity index (χ0n) is 16.2. The molecule has 2 aromatic rings. The van der Waals surface area contributed by atoms with Crippen molar-refractivity contribution in [3.8, 4) is 10.9 Å². The van der Waals surface area contributed by atoms with Crippen molar-refractivity contribution in [3.05, 3.63) is 29.1 Å². The van der Waals surface area contributed by atoms with Gasteiger partial charge in [-0.25, -0.2) is 4.99 Å². The number of aromatic nitrogens is 2. The summed E-state index contributed by atoms with van der Waals surface area (Å²) in [5.41, 5.74) is -0.404. The van der Waals surface area contributed by atoms with Gasteiger partial charge >= 0.3 is 6.18 Å². The van der Waals surface area contributed by atoms with Crippen LogP contribution < -0.4 is 4.74 Å². The van der Waals surface area contributed by atoms with E-state index in [0.29, 0.717) is 17.9 Å². The van der Waals surface area contributed by atoms with Crippen LogP contribution in [-0.2, 0) is 11.6 Å². The van der Waals surface area contributed by atoms with E-state index in [1.54, 1.807) is 18.9 Å². The van der Waals surface area contributed by atoms with Crippen molar-refractivity contribution in [2.75, 3.05) is 13.6 Å². The fraction of sp³-hybridized carbons (Fsp3) is 0.500. The lowest BCUT2D eigenvalue weighted by Gasteiger charge is -2.15. The molecule has 0 saturated heterocycles. The number of benzene rings is 1. The number of hydrogen-bond donors (Lipinski definition) is 0. The SMILES string of the molecule is CCN(C)C=Nc1cc(C(F)(F)F)c(Oc2nc(C(C)(C)C)ns2)cc1C. The fourth-order valence-electron chi connectivity index (χ4n) is 2.01. The quantitative estimate of drug-likeness (QED) is 0.487. The molecular weight excluding hydrogens is 377 g/mol. The number of ether oxygens (including phenoxy) is 1. The number of alkyl halides is 3. The molecule has 9 heteroatoms. The summed E-state index contributed by atoms with van der Waals surface area (Å²) in [5, 5.41) is 0.0757. The van der Waals surface area contributed by atoms with Gasteiger partial charge in [-0.05, 0) is 31.5 Å². The van der Waals surface area contributed by atoms with Crippen molar-refractivity contribution < 1.29 is 17.9 Å². The molecule has 27 heavy (non-hydrogen) atoms. The molecule has 0 radical (unpaired) electrons. The molecule has 5 nitrogen and oxygen atoms in total. The zero-order chi connectivity index (χ0) is 20.4. The van der Waals surface area contributed by atoms with Crippen LogP contribution in [0.3, 0.4) is 0 Å². The maximum Gasteiger partial charge on any atom is 0.420 e. The van der Waals surface area contributed by atoms with Crippen LogP contribution in [0.25, 0.3) is 0 Å². The van der Waals surface area contributed by atoms with Crippen LogP contribution in [0, 0.1) is 6.92 Å². The van der Waals surface area contributed by atoms with E-state index in [1.807, 2.05) is 27.7 Å². The van der Waals surface area contributed by atoms with Crippen LogP contribution in [0.1, 0.15) is 44.6 Å². The van der Waals surface area contributed by atoms with Gasteiger partial charge in [0, 0.05) is 30.5 Å². The molecule has 0 atom stereocenters. The van der Waals surface area contributed by atoms with Crippen LogP contribution in [0.15, 0.2) is 17.1 Å². The summed E-state index contributed by atoms with van der Waals surface area (Å²) in [7, 11) is 1.79. The van der Waals surface area contributed by atoms with Crippen molar-refractivity contribution in [1.82, 2.24) is 14.3 Å². The summed E-state index contributed by atoms with van der Waals surface area (Å²) in [4.78, 5) is 10.1. The average Bonchev–Trinajstić information content (AvgIpc) is 3.01. The third-order valence-electron chi connectivity index (χ3n) is 3.77. The van der Waals surface area contributed by atoms with Gasteiger partial charge in [-0.2, -0.15) is 22.5 Å². The molecular formula is C18H23F3N4OS. The third-order valence-corrected chi connectivity index (χ3v) is 4.37. The number of nitrogens with zero attached hydrogens (tertiary/aromatic N) is 4. The lowest BCUT2D eigenvalue weighted by Crippen LogP contribution is -2.14. The summed E-state index contributed by atoms with van der Waals surface area (Å²) in [6.07, 6.45) is -3.08.